The van der Waals surface area contributed by atoms with Gasteiger partial charge < -0.3 is 0 Å². The summed E-state index contributed by atoms with van der Waals surface area (Å²) in [6.45, 7) is 9.42. The van der Waals surface area contributed by atoms with Gasteiger partial charge in [-0.2, -0.15) is 0 Å². The molecule has 0 aliphatic heterocycles. The molecule has 0 radical (unpaired) electrons. The van der Waals surface area contributed by atoms with Gasteiger partial charge in [0, 0.05) is 21.4 Å². The second kappa shape index (κ2) is 7.70. The summed E-state index contributed by atoms with van der Waals surface area (Å²) >= 11 is 6.83. The first-order valence-corrected chi connectivity index (χ1v) is 13.4. The lowest BCUT2D eigenvalue weighted by Gasteiger charge is -2.26. The van der Waals surface area contributed by atoms with E-state index in [0.29, 0.717) is 0 Å². The summed E-state index contributed by atoms with van der Waals surface area (Å²) in [6.07, 6.45) is 0. The highest BCUT2D eigenvalue weighted by Gasteiger charge is 2.43. The van der Waals surface area contributed by atoms with Crippen molar-refractivity contribution < 1.29 is 0 Å². The lowest BCUT2D eigenvalue weighted by molar-refractivity contribution is 0.653. The molecule has 5 aromatic rings. The summed E-state index contributed by atoms with van der Waals surface area (Å²) in [7, 11) is 0. The molecule has 2 aliphatic carbocycles. The van der Waals surface area contributed by atoms with E-state index in [2.05, 4.69) is 125 Å². The van der Waals surface area contributed by atoms with Gasteiger partial charge in [-0.25, -0.2) is 0 Å². The summed E-state index contributed by atoms with van der Waals surface area (Å²) in [4.78, 5) is 0. The predicted octanol–water partition coefficient (Wildman–Crippen LogP) is 10.3. The van der Waals surface area contributed by atoms with E-state index in [1.807, 2.05) is 6.07 Å². The molecule has 0 heterocycles. The van der Waals surface area contributed by atoms with Crippen molar-refractivity contribution >= 4 is 11.6 Å². The smallest absolute Gasteiger partial charge is 0.0487 e. The van der Waals surface area contributed by atoms with E-state index >= 15 is 0 Å². The number of rotatable bonds is 2. The normalized spacial score (nSPS) is 15.6. The Morgan fingerprint density at radius 3 is 1.76 bits per heavy atom. The molecule has 1 heteroatoms. The predicted molar refractivity (Wildman–Crippen MR) is 157 cm³/mol. The third kappa shape index (κ3) is 3.09. The maximum Gasteiger partial charge on any atom is 0.0487 e. The monoisotopic (exact) mass is 496 g/mol. The minimum Gasteiger partial charge on any atom is -0.0837 e. The molecule has 0 saturated carbocycles. The third-order valence-electron chi connectivity index (χ3n) is 8.71. The Morgan fingerprint density at radius 1 is 0.459 bits per heavy atom. The summed E-state index contributed by atoms with van der Waals surface area (Å²) in [5.74, 6) is 0. The Morgan fingerprint density at radius 2 is 1.05 bits per heavy atom. The van der Waals surface area contributed by atoms with Gasteiger partial charge in [0.25, 0.3) is 0 Å². The molecule has 180 valence electrons. The maximum absolute atomic E-state index is 6.83. The van der Waals surface area contributed by atoms with Crippen molar-refractivity contribution in [3.05, 3.63) is 130 Å². The Bertz CT molecular complexity index is 1710. The first kappa shape index (κ1) is 22.6. The van der Waals surface area contributed by atoms with E-state index in [0.717, 1.165) is 5.02 Å². The standard InChI is InChI=1S/C36H29Cl/c1-35(2)29-16-11-17-32(37)33(29)28-21-30-26(20-31(28)35)27-19-24(22-12-7-5-8-13-22)18-25(34(27)36(30,3)4)23-14-9-6-10-15-23/h5-21H,1-4H3. The molecule has 7 rings (SSSR count). The summed E-state index contributed by atoms with van der Waals surface area (Å²) in [6, 6.07) is 37.7. The molecule has 37 heavy (non-hydrogen) atoms. The molecule has 5 aromatic carbocycles. The molecule has 0 saturated heterocycles. The Labute approximate surface area is 224 Å². The Hall–Kier alpha value is -3.61. The van der Waals surface area contributed by atoms with Gasteiger partial charge in [0.15, 0.2) is 0 Å². The minimum atomic E-state index is -0.145. The van der Waals surface area contributed by atoms with Crippen LogP contribution in [0.5, 0.6) is 0 Å². The van der Waals surface area contributed by atoms with Gasteiger partial charge in [0.2, 0.25) is 0 Å². The van der Waals surface area contributed by atoms with Crippen LogP contribution in [0.3, 0.4) is 0 Å². The molecule has 0 nitrogen and oxygen atoms in total. The van der Waals surface area contributed by atoms with Crippen LogP contribution in [-0.2, 0) is 10.8 Å². The summed E-state index contributed by atoms with van der Waals surface area (Å²) in [5.41, 5.74) is 15.5. The van der Waals surface area contributed by atoms with Gasteiger partial charge in [-0.3, -0.25) is 0 Å². The van der Waals surface area contributed by atoms with Gasteiger partial charge in [-0.05, 0) is 91.5 Å². The zero-order valence-electron chi connectivity index (χ0n) is 21.7. The van der Waals surface area contributed by atoms with Crippen LogP contribution in [0.4, 0.5) is 0 Å². The molecule has 0 aromatic heterocycles. The van der Waals surface area contributed by atoms with Gasteiger partial charge in [0.1, 0.15) is 0 Å². The van der Waals surface area contributed by atoms with Crippen molar-refractivity contribution in [2.75, 3.05) is 0 Å². The molecule has 0 unspecified atom stereocenters. The molecule has 0 spiro atoms. The average Bonchev–Trinajstić information content (AvgIpc) is 3.28. The molecule has 0 atom stereocenters. The van der Waals surface area contributed by atoms with Crippen molar-refractivity contribution in [3.8, 4) is 44.5 Å². The van der Waals surface area contributed by atoms with Crippen LogP contribution in [0.1, 0.15) is 49.9 Å². The second-order valence-electron chi connectivity index (χ2n) is 11.5. The van der Waals surface area contributed by atoms with Gasteiger partial charge in [0.05, 0.1) is 0 Å². The largest absolute Gasteiger partial charge is 0.0837 e. The highest BCUT2D eigenvalue weighted by molar-refractivity contribution is 6.34. The van der Waals surface area contributed by atoms with E-state index in [-0.39, 0.29) is 10.8 Å². The van der Waals surface area contributed by atoms with E-state index in [1.54, 1.807) is 0 Å². The molecule has 0 fully saturated rings. The third-order valence-corrected chi connectivity index (χ3v) is 9.02. The Kier molecular flexibility index (Phi) is 4.70. The molecule has 0 N–H and O–H groups in total. The van der Waals surface area contributed by atoms with E-state index in [9.17, 15) is 0 Å². The molecule has 2 aliphatic rings. The first-order valence-electron chi connectivity index (χ1n) is 13.1. The van der Waals surface area contributed by atoms with E-state index in [4.69, 9.17) is 11.6 Å². The highest BCUT2D eigenvalue weighted by Crippen LogP contribution is 2.59. The number of benzene rings is 5. The number of hydrogen-bond acceptors (Lipinski definition) is 0. The first-order chi connectivity index (χ1) is 17.8. The number of hydrogen-bond donors (Lipinski definition) is 0. The lowest BCUT2D eigenvalue weighted by Crippen LogP contribution is -2.17. The molecule has 0 bridgehead atoms. The van der Waals surface area contributed by atoms with E-state index in [1.165, 1.54) is 66.8 Å². The topological polar surface area (TPSA) is 0 Å². The molecular weight excluding hydrogens is 468 g/mol. The van der Waals surface area contributed by atoms with Crippen LogP contribution in [0.25, 0.3) is 44.5 Å². The number of halogens is 1. The minimum absolute atomic E-state index is 0.100. The lowest BCUT2D eigenvalue weighted by atomic mass is 9.77. The van der Waals surface area contributed by atoms with Crippen molar-refractivity contribution in [2.45, 2.75) is 38.5 Å². The van der Waals surface area contributed by atoms with Crippen molar-refractivity contribution in [1.82, 2.24) is 0 Å². The van der Waals surface area contributed by atoms with Crippen molar-refractivity contribution in [2.24, 2.45) is 0 Å². The van der Waals surface area contributed by atoms with Crippen LogP contribution in [0.2, 0.25) is 5.02 Å². The molecular formula is C36H29Cl. The fourth-order valence-electron chi connectivity index (χ4n) is 6.83. The SMILES string of the molecule is CC1(C)c2cc3c(cc2-c2c(Cl)cccc21)C(C)(C)c1c(-c2ccccc2)cc(-c2ccccc2)cc1-3. The highest BCUT2D eigenvalue weighted by atomic mass is 35.5. The van der Waals surface area contributed by atoms with Crippen LogP contribution in [0.15, 0.2) is 103 Å². The van der Waals surface area contributed by atoms with Crippen LogP contribution >= 0.6 is 11.6 Å². The second-order valence-corrected chi connectivity index (χ2v) is 11.9. The van der Waals surface area contributed by atoms with Gasteiger partial charge >= 0.3 is 0 Å². The summed E-state index contributed by atoms with van der Waals surface area (Å²) < 4.78 is 0. The van der Waals surface area contributed by atoms with Crippen molar-refractivity contribution in [3.63, 3.8) is 0 Å². The number of fused-ring (bicyclic) bond motifs is 6. The fourth-order valence-corrected chi connectivity index (χ4v) is 7.11. The maximum atomic E-state index is 6.83. The van der Waals surface area contributed by atoms with Crippen LogP contribution in [-0.4, -0.2) is 0 Å². The van der Waals surface area contributed by atoms with Crippen LogP contribution < -0.4 is 0 Å². The quantitative estimate of drug-likeness (QED) is 0.228. The zero-order valence-corrected chi connectivity index (χ0v) is 22.4. The van der Waals surface area contributed by atoms with Crippen molar-refractivity contribution in [1.29, 1.82) is 0 Å². The van der Waals surface area contributed by atoms with Gasteiger partial charge in [-0.1, -0.05) is 112 Å². The van der Waals surface area contributed by atoms with Crippen LogP contribution in [0, 0.1) is 0 Å². The zero-order chi connectivity index (χ0) is 25.5. The average molecular weight is 497 g/mol. The Balaban J connectivity index is 1.56. The molecule has 0 amide bonds. The summed E-state index contributed by atoms with van der Waals surface area (Å²) in [5, 5.41) is 0.842. The van der Waals surface area contributed by atoms with Gasteiger partial charge in [-0.15, -0.1) is 0 Å². The van der Waals surface area contributed by atoms with E-state index < -0.39 is 0 Å². The fraction of sp³-hybridized carbons (Fsp3) is 0.167.